The first-order valence-corrected chi connectivity index (χ1v) is 7.90. The van der Waals surface area contributed by atoms with Crippen LogP contribution in [0, 0.1) is 0 Å². The Morgan fingerprint density at radius 2 is 2.10 bits per heavy atom. The number of carbonyl (C=O) groups is 1. The van der Waals surface area contributed by atoms with Crippen LogP contribution in [-0.2, 0) is 4.79 Å². The summed E-state index contributed by atoms with van der Waals surface area (Å²) in [5.74, 6) is 0.451. The summed E-state index contributed by atoms with van der Waals surface area (Å²) < 4.78 is 0. The van der Waals surface area contributed by atoms with Gasteiger partial charge in [-0.15, -0.1) is 0 Å². The summed E-state index contributed by atoms with van der Waals surface area (Å²) in [5, 5.41) is 21.3. The number of aliphatic hydroxyl groups is 2. The summed E-state index contributed by atoms with van der Waals surface area (Å²) >= 11 is 7.21. The zero-order chi connectivity index (χ0) is 15.4. The molecule has 0 spiro atoms. The molecule has 1 heterocycles. The highest BCUT2D eigenvalue weighted by Gasteiger charge is 2.22. The third-order valence-electron chi connectivity index (χ3n) is 3.11. The number of pyridine rings is 1. The summed E-state index contributed by atoms with van der Waals surface area (Å²) in [6.45, 7) is 1.47. The van der Waals surface area contributed by atoms with Crippen LogP contribution in [-0.4, -0.2) is 32.2 Å². The predicted octanol–water partition coefficient (Wildman–Crippen LogP) is 2.95. The number of hydrogen-bond donors (Lipinski definition) is 2. The Labute approximate surface area is 132 Å². The fourth-order valence-electron chi connectivity index (χ4n) is 2.00. The highest BCUT2D eigenvalue weighted by molar-refractivity contribution is 8.13. The average molecular weight is 326 g/mol. The Bertz CT molecular complexity index is 650. The number of hydrogen-bond acceptors (Lipinski definition) is 5. The number of carbonyl (C=O) groups excluding carboxylic acids is 1. The number of fused-ring (bicyclic) bond motifs is 1. The quantitative estimate of drug-likeness (QED) is 0.827. The molecule has 2 unspecified atom stereocenters. The van der Waals surface area contributed by atoms with Crippen LogP contribution < -0.4 is 0 Å². The first-order chi connectivity index (χ1) is 9.99. The monoisotopic (exact) mass is 325 g/mol. The highest BCUT2D eigenvalue weighted by Crippen LogP contribution is 2.29. The van der Waals surface area contributed by atoms with Crippen LogP contribution in [0.5, 0.6) is 0 Å². The molecule has 1 aromatic carbocycles. The molecule has 112 valence electrons. The van der Waals surface area contributed by atoms with Crippen LogP contribution >= 0.6 is 23.4 Å². The van der Waals surface area contributed by atoms with Crippen molar-refractivity contribution in [1.82, 2.24) is 4.98 Å². The molecule has 2 atom stereocenters. The number of nitrogens with zero attached hydrogens (tertiary/aromatic N) is 1. The van der Waals surface area contributed by atoms with E-state index < -0.39 is 12.2 Å². The van der Waals surface area contributed by atoms with E-state index in [1.807, 2.05) is 24.3 Å². The zero-order valence-electron chi connectivity index (χ0n) is 11.5. The molecule has 0 saturated carbocycles. The van der Waals surface area contributed by atoms with Crippen molar-refractivity contribution in [3.05, 3.63) is 41.0 Å². The standard InChI is InChI=1S/C15H16ClNO3S/c1-9(18)21-7-6-13(19)14(20)11-8-10-4-2-3-5-12(10)17-15(11)16/h2-5,8,13-14,19-20H,6-7H2,1H3. The summed E-state index contributed by atoms with van der Waals surface area (Å²) in [5.41, 5.74) is 1.13. The zero-order valence-corrected chi connectivity index (χ0v) is 13.1. The molecule has 0 aliphatic carbocycles. The Kier molecular flexibility index (Phi) is 5.58. The van der Waals surface area contributed by atoms with Gasteiger partial charge in [-0.2, -0.15) is 0 Å². The van der Waals surface area contributed by atoms with Crippen molar-refractivity contribution in [2.75, 3.05) is 5.75 Å². The van der Waals surface area contributed by atoms with Crippen molar-refractivity contribution in [3.8, 4) is 0 Å². The normalized spacial score (nSPS) is 14.1. The topological polar surface area (TPSA) is 70.4 Å². The first-order valence-electron chi connectivity index (χ1n) is 6.53. The molecule has 0 amide bonds. The SMILES string of the molecule is CC(=O)SCCC(O)C(O)c1cc2ccccc2nc1Cl. The van der Waals surface area contributed by atoms with Gasteiger partial charge in [0.2, 0.25) is 0 Å². The molecule has 6 heteroatoms. The van der Waals surface area contributed by atoms with Gasteiger partial charge in [0, 0.05) is 23.6 Å². The molecular formula is C15H16ClNO3S. The van der Waals surface area contributed by atoms with Crippen LogP contribution in [0.4, 0.5) is 0 Å². The Morgan fingerprint density at radius 3 is 2.81 bits per heavy atom. The molecule has 0 aliphatic rings. The molecule has 2 rings (SSSR count). The van der Waals surface area contributed by atoms with E-state index in [0.717, 1.165) is 22.7 Å². The largest absolute Gasteiger partial charge is 0.390 e. The summed E-state index contributed by atoms with van der Waals surface area (Å²) in [6.07, 6.45) is -1.81. The van der Waals surface area contributed by atoms with E-state index in [1.54, 1.807) is 6.07 Å². The van der Waals surface area contributed by atoms with E-state index in [0.29, 0.717) is 17.7 Å². The number of para-hydroxylation sites is 1. The molecule has 4 nitrogen and oxygen atoms in total. The van der Waals surface area contributed by atoms with Crippen LogP contribution in [0.2, 0.25) is 5.15 Å². The van der Waals surface area contributed by atoms with E-state index in [2.05, 4.69) is 4.98 Å². The first kappa shape index (κ1) is 16.2. The van der Waals surface area contributed by atoms with Gasteiger partial charge < -0.3 is 10.2 Å². The number of thioether (sulfide) groups is 1. The lowest BCUT2D eigenvalue weighted by atomic mass is 10.0. The summed E-state index contributed by atoms with van der Waals surface area (Å²) in [7, 11) is 0. The van der Waals surface area contributed by atoms with Crippen molar-refractivity contribution >= 4 is 39.4 Å². The van der Waals surface area contributed by atoms with Crippen LogP contribution in [0.15, 0.2) is 30.3 Å². The van der Waals surface area contributed by atoms with Gasteiger partial charge in [-0.25, -0.2) is 4.98 Å². The lowest BCUT2D eigenvalue weighted by Crippen LogP contribution is -2.19. The van der Waals surface area contributed by atoms with Crippen molar-refractivity contribution in [3.63, 3.8) is 0 Å². The van der Waals surface area contributed by atoms with Crippen LogP contribution in [0.3, 0.4) is 0 Å². The van der Waals surface area contributed by atoms with Crippen molar-refractivity contribution in [1.29, 1.82) is 0 Å². The van der Waals surface area contributed by atoms with E-state index in [-0.39, 0.29) is 10.3 Å². The van der Waals surface area contributed by atoms with E-state index >= 15 is 0 Å². The fourth-order valence-corrected chi connectivity index (χ4v) is 2.91. The second-order valence-corrected chi connectivity index (χ2v) is 6.33. The molecule has 2 N–H and O–H groups in total. The highest BCUT2D eigenvalue weighted by atomic mass is 35.5. The van der Waals surface area contributed by atoms with Gasteiger partial charge in [-0.3, -0.25) is 4.79 Å². The van der Waals surface area contributed by atoms with Crippen LogP contribution in [0.1, 0.15) is 25.0 Å². The average Bonchev–Trinajstić information content (AvgIpc) is 2.45. The lowest BCUT2D eigenvalue weighted by Gasteiger charge is -2.19. The number of aromatic nitrogens is 1. The maximum atomic E-state index is 10.9. The molecule has 0 radical (unpaired) electrons. The molecule has 0 fully saturated rings. The molecule has 2 aromatic rings. The van der Waals surface area contributed by atoms with Gasteiger partial charge in [-0.1, -0.05) is 41.6 Å². The van der Waals surface area contributed by atoms with Gasteiger partial charge in [0.05, 0.1) is 11.6 Å². The van der Waals surface area contributed by atoms with E-state index in [4.69, 9.17) is 11.6 Å². The second kappa shape index (κ2) is 7.22. The minimum Gasteiger partial charge on any atom is -0.390 e. The molecule has 0 saturated heterocycles. The lowest BCUT2D eigenvalue weighted by molar-refractivity contribution is -0.109. The molecule has 0 aliphatic heterocycles. The van der Waals surface area contributed by atoms with Gasteiger partial charge in [0.25, 0.3) is 0 Å². The van der Waals surface area contributed by atoms with E-state index in [9.17, 15) is 15.0 Å². The van der Waals surface area contributed by atoms with Crippen molar-refractivity contribution in [2.24, 2.45) is 0 Å². The van der Waals surface area contributed by atoms with Gasteiger partial charge in [0.1, 0.15) is 11.3 Å². The van der Waals surface area contributed by atoms with Gasteiger partial charge in [-0.05, 0) is 18.6 Å². The molecule has 1 aromatic heterocycles. The number of halogens is 1. The summed E-state index contributed by atoms with van der Waals surface area (Å²) in [6, 6.07) is 9.16. The third kappa shape index (κ3) is 4.17. The molecular weight excluding hydrogens is 310 g/mol. The van der Waals surface area contributed by atoms with E-state index in [1.165, 1.54) is 6.92 Å². The number of aliphatic hydroxyl groups excluding tert-OH is 2. The predicted molar refractivity (Wildman–Crippen MR) is 85.5 cm³/mol. The minimum absolute atomic E-state index is 0.0119. The van der Waals surface area contributed by atoms with Crippen LogP contribution in [0.25, 0.3) is 10.9 Å². The van der Waals surface area contributed by atoms with Gasteiger partial charge in [0.15, 0.2) is 5.12 Å². The second-order valence-electron chi connectivity index (χ2n) is 4.70. The maximum absolute atomic E-state index is 10.9. The number of benzene rings is 1. The van der Waals surface area contributed by atoms with Gasteiger partial charge >= 0.3 is 0 Å². The van der Waals surface area contributed by atoms with Crippen molar-refractivity contribution < 1.29 is 15.0 Å². The summed E-state index contributed by atoms with van der Waals surface area (Å²) in [4.78, 5) is 15.1. The van der Waals surface area contributed by atoms with Crippen molar-refractivity contribution in [2.45, 2.75) is 25.6 Å². The number of rotatable bonds is 5. The minimum atomic E-state index is -1.12. The third-order valence-corrected chi connectivity index (χ3v) is 4.26. The Hall–Kier alpha value is -1.14. The fraction of sp³-hybridized carbons (Fsp3) is 0.333. The smallest absolute Gasteiger partial charge is 0.185 e. The molecule has 21 heavy (non-hydrogen) atoms. The Morgan fingerprint density at radius 1 is 1.38 bits per heavy atom. The molecule has 0 bridgehead atoms. The Balaban J connectivity index is 2.16. The maximum Gasteiger partial charge on any atom is 0.185 e.